The second-order valence-corrected chi connectivity index (χ2v) is 5.49. The van der Waals surface area contributed by atoms with Gasteiger partial charge >= 0.3 is 0 Å². The molecule has 0 fully saturated rings. The van der Waals surface area contributed by atoms with E-state index in [2.05, 4.69) is 43.5 Å². The Morgan fingerprint density at radius 3 is 2.60 bits per heavy atom. The number of imidazole rings is 1. The third-order valence-electron chi connectivity index (χ3n) is 3.34. The van der Waals surface area contributed by atoms with Crippen LogP contribution in [-0.2, 0) is 0 Å². The lowest BCUT2D eigenvalue weighted by atomic mass is 10.1. The molecule has 0 atom stereocenters. The van der Waals surface area contributed by atoms with E-state index in [0.717, 1.165) is 32.4 Å². The van der Waals surface area contributed by atoms with E-state index >= 15 is 0 Å². The van der Waals surface area contributed by atoms with Gasteiger partial charge in [-0.3, -0.25) is 4.40 Å². The molecule has 2 heterocycles. The second kappa shape index (κ2) is 4.42. The lowest BCUT2D eigenvalue weighted by Gasteiger charge is -2.07. The second-order valence-electron chi connectivity index (χ2n) is 4.58. The van der Waals surface area contributed by atoms with Crippen molar-refractivity contribution in [1.82, 2.24) is 14.4 Å². The van der Waals surface area contributed by atoms with Gasteiger partial charge in [0.2, 0.25) is 0 Å². The van der Waals surface area contributed by atoms with Gasteiger partial charge in [-0.15, -0.1) is 0 Å². The van der Waals surface area contributed by atoms with E-state index in [9.17, 15) is 0 Å². The summed E-state index contributed by atoms with van der Waals surface area (Å²) >= 11 is 3.46. The number of fused-ring (bicyclic) bond motifs is 3. The largest absolute Gasteiger partial charge is 0.296 e. The van der Waals surface area contributed by atoms with Gasteiger partial charge in [-0.05, 0) is 24.3 Å². The molecule has 4 aromatic rings. The van der Waals surface area contributed by atoms with Crippen molar-refractivity contribution >= 4 is 32.6 Å². The van der Waals surface area contributed by atoms with Crippen molar-refractivity contribution in [3.05, 3.63) is 65.4 Å². The van der Waals surface area contributed by atoms with E-state index in [4.69, 9.17) is 4.98 Å². The lowest BCUT2D eigenvalue weighted by molar-refractivity contribution is 1.21. The fourth-order valence-electron chi connectivity index (χ4n) is 2.41. The summed E-state index contributed by atoms with van der Waals surface area (Å²) < 4.78 is 3.14. The predicted octanol–water partition coefficient (Wildman–Crippen LogP) is 4.31. The summed E-state index contributed by atoms with van der Waals surface area (Å²) in [5.41, 5.74) is 4.89. The molecule has 2 aromatic carbocycles. The number of aromatic nitrogens is 3. The first-order chi connectivity index (χ1) is 9.83. The predicted molar refractivity (Wildman–Crippen MR) is 83.6 cm³/mol. The van der Waals surface area contributed by atoms with Gasteiger partial charge in [-0.1, -0.05) is 40.2 Å². The van der Waals surface area contributed by atoms with Crippen molar-refractivity contribution in [1.29, 1.82) is 0 Å². The molecule has 0 spiro atoms. The van der Waals surface area contributed by atoms with Gasteiger partial charge < -0.3 is 0 Å². The van der Waals surface area contributed by atoms with Crippen LogP contribution in [0.4, 0.5) is 0 Å². The van der Waals surface area contributed by atoms with Crippen LogP contribution in [0.3, 0.4) is 0 Å². The summed E-state index contributed by atoms with van der Waals surface area (Å²) in [4.78, 5) is 9.23. The van der Waals surface area contributed by atoms with E-state index in [1.165, 1.54) is 0 Å². The molecule has 0 N–H and O–H groups in total. The van der Waals surface area contributed by atoms with E-state index in [1.807, 2.05) is 42.7 Å². The molecule has 0 aliphatic carbocycles. The van der Waals surface area contributed by atoms with E-state index in [0.29, 0.717) is 0 Å². The number of nitrogens with zero attached hydrogens (tertiary/aromatic N) is 3. The molecule has 96 valence electrons. The van der Waals surface area contributed by atoms with Crippen molar-refractivity contribution < 1.29 is 0 Å². The Bertz CT molecular complexity index is 910. The molecule has 0 unspecified atom stereocenters. The molecule has 0 bridgehead atoms. The van der Waals surface area contributed by atoms with Crippen molar-refractivity contribution in [2.45, 2.75) is 0 Å². The molecule has 0 aliphatic rings. The summed E-state index contributed by atoms with van der Waals surface area (Å²) in [7, 11) is 0. The fraction of sp³-hybridized carbons (Fsp3) is 0. The van der Waals surface area contributed by atoms with Crippen LogP contribution in [0.2, 0.25) is 0 Å². The van der Waals surface area contributed by atoms with Crippen LogP contribution in [0.1, 0.15) is 0 Å². The minimum Gasteiger partial charge on any atom is -0.296 e. The maximum Gasteiger partial charge on any atom is 0.163 e. The van der Waals surface area contributed by atoms with Crippen LogP contribution in [0, 0.1) is 0 Å². The SMILES string of the molecule is Brc1ccc(-c2nc3ccccc3n3ccnc23)cc1. The summed E-state index contributed by atoms with van der Waals surface area (Å²) in [6.07, 6.45) is 3.79. The zero-order valence-electron chi connectivity index (χ0n) is 10.5. The number of hydrogen-bond donors (Lipinski definition) is 0. The van der Waals surface area contributed by atoms with Gasteiger partial charge in [0.15, 0.2) is 5.65 Å². The molecule has 20 heavy (non-hydrogen) atoms. The molecular formula is C16H10BrN3. The molecule has 4 heteroatoms. The van der Waals surface area contributed by atoms with Gasteiger partial charge in [0.1, 0.15) is 5.69 Å². The summed E-state index contributed by atoms with van der Waals surface area (Å²) in [6.45, 7) is 0. The van der Waals surface area contributed by atoms with Crippen LogP contribution >= 0.6 is 15.9 Å². The molecule has 3 nitrogen and oxygen atoms in total. The average Bonchev–Trinajstić information content (AvgIpc) is 2.97. The van der Waals surface area contributed by atoms with Crippen LogP contribution in [0.15, 0.2) is 65.4 Å². The van der Waals surface area contributed by atoms with E-state index in [1.54, 1.807) is 0 Å². The number of halogens is 1. The van der Waals surface area contributed by atoms with Gasteiger partial charge in [0, 0.05) is 22.4 Å². The lowest BCUT2D eigenvalue weighted by Crippen LogP contribution is -1.95. The Kier molecular flexibility index (Phi) is 2.57. The van der Waals surface area contributed by atoms with Crippen LogP contribution in [-0.4, -0.2) is 14.4 Å². The number of hydrogen-bond acceptors (Lipinski definition) is 2. The smallest absolute Gasteiger partial charge is 0.163 e. The third-order valence-corrected chi connectivity index (χ3v) is 3.87. The Balaban J connectivity index is 2.11. The van der Waals surface area contributed by atoms with Crippen molar-refractivity contribution in [2.24, 2.45) is 0 Å². The monoisotopic (exact) mass is 323 g/mol. The third kappa shape index (κ3) is 1.72. The molecule has 2 aromatic heterocycles. The minimum absolute atomic E-state index is 0.881. The topological polar surface area (TPSA) is 30.2 Å². The number of benzene rings is 2. The minimum atomic E-state index is 0.881. The van der Waals surface area contributed by atoms with Crippen LogP contribution in [0.5, 0.6) is 0 Å². The first kappa shape index (κ1) is 11.6. The highest BCUT2D eigenvalue weighted by Crippen LogP contribution is 2.26. The van der Waals surface area contributed by atoms with Crippen LogP contribution < -0.4 is 0 Å². The standard InChI is InChI=1S/C16H10BrN3/c17-12-7-5-11(6-8-12)15-16-18-9-10-20(16)14-4-2-1-3-13(14)19-15/h1-10H. The Labute approximate surface area is 124 Å². The molecule has 0 radical (unpaired) electrons. The molecule has 0 saturated heterocycles. The Hall–Kier alpha value is -2.20. The normalized spacial score (nSPS) is 11.2. The average molecular weight is 324 g/mol. The summed E-state index contributed by atoms with van der Waals surface area (Å²) in [5, 5.41) is 0. The maximum absolute atomic E-state index is 4.78. The highest BCUT2D eigenvalue weighted by molar-refractivity contribution is 9.10. The van der Waals surface area contributed by atoms with Gasteiger partial charge in [-0.2, -0.15) is 0 Å². The number of para-hydroxylation sites is 2. The zero-order chi connectivity index (χ0) is 13.5. The molecular weight excluding hydrogens is 314 g/mol. The van der Waals surface area contributed by atoms with Crippen molar-refractivity contribution in [2.75, 3.05) is 0 Å². The molecule has 0 amide bonds. The summed E-state index contributed by atoms with van der Waals surface area (Å²) in [6, 6.07) is 16.2. The highest BCUT2D eigenvalue weighted by atomic mass is 79.9. The van der Waals surface area contributed by atoms with Gasteiger partial charge in [-0.25, -0.2) is 9.97 Å². The molecule has 4 rings (SSSR count). The van der Waals surface area contributed by atoms with Crippen molar-refractivity contribution in [3.8, 4) is 11.3 Å². The molecule has 0 saturated carbocycles. The van der Waals surface area contributed by atoms with Crippen molar-refractivity contribution in [3.63, 3.8) is 0 Å². The van der Waals surface area contributed by atoms with Crippen LogP contribution in [0.25, 0.3) is 27.9 Å². The fourth-order valence-corrected chi connectivity index (χ4v) is 2.67. The first-order valence-corrected chi connectivity index (χ1v) is 7.10. The highest BCUT2D eigenvalue weighted by Gasteiger charge is 2.10. The van der Waals surface area contributed by atoms with Gasteiger partial charge in [0.05, 0.1) is 11.0 Å². The molecule has 0 aliphatic heterocycles. The van der Waals surface area contributed by atoms with E-state index in [-0.39, 0.29) is 0 Å². The maximum atomic E-state index is 4.78. The van der Waals surface area contributed by atoms with Gasteiger partial charge in [0.25, 0.3) is 0 Å². The van der Waals surface area contributed by atoms with E-state index < -0.39 is 0 Å². The quantitative estimate of drug-likeness (QED) is 0.522. The first-order valence-electron chi connectivity index (χ1n) is 6.31. The Morgan fingerprint density at radius 1 is 0.950 bits per heavy atom. The Morgan fingerprint density at radius 2 is 1.75 bits per heavy atom. The summed E-state index contributed by atoms with van der Waals surface area (Å²) in [5.74, 6) is 0. The number of rotatable bonds is 1. The zero-order valence-corrected chi connectivity index (χ0v) is 12.1.